The molecule has 28 heavy (non-hydrogen) atoms. The summed E-state index contributed by atoms with van der Waals surface area (Å²) in [7, 11) is 0. The molecule has 2 aromatic carbocycles. The summed E-state index contributed by atoms with van der Waals surface area (Å²) < 4.78 is 10.9. The molecule has 0 atom stereocenters. The van der Waals surface area contributed by atoms with Crippen molar-refractivity contribution in [2.45, 2.75) is 20.3 Å². The van der Waals surface area contributed by atoms with Crippen LogP contribution < -0.4 is 5.32 Å². The zero-order chi connectivity index (χ0) is 19.5. The van der Waals surface area contributed by atoms with Gasteiger partial charge in [-0.25, -0.2) is 4.98 Å². The Kier molecular flexibility index (Phi) is 4.76. The highest BCUT2D eigenvalue weighted by Gasteiger charge is 2.19. The van der Waals surface area contributed by atoms with E-state index < -0.39 is 5.91 Å². The van der Waals surface area contributed by atoms with E-state index in [0.29, 0.717) is 17.3 Å². The molecule has 0 aliphatic heterocycles. The first-order valence-electron chi connectivity index (χ1n) is 9.04. The predicted octanol–water partition coefficient (Wildman–Crippen LogP) is 5.12. The molecule has 0 fully saturated rings. The fourth-order valence-corrected chi connectivity index (χ4v) is 2.86. The first kappa shape index (κ1) is 17.7. The Balaban J connectivity index is 1.51. The fourth-order valence-electron chi connectivity index (χ4n) is 2.86. The van der Waals surface area contributed by atoms with Crippen molar-refractivity contribution in [3.05, 3.63) is 77.7 Å². The molecule has 6 nitrogen and oxygen atoms in total. The number of aryl methyl sites for hydroxylation is 2. The number of nitrogens with one attached hydrogen (secondary N) is 1. The topological polar surface area (TPSA) is 81.2 Å². The summed E-state index contributed by atoms with van der Waals surface area (Å²) in [5, 5.41) is 6.72. The summed E-state index contributed by atoms with van der Waals surface area (Å²) >= 11 is 0. The van der Waals surface area contributed by atoms with Crippen LogP contribution in [0, 0.1) is 6.92 Å². The second kappa shape index (κ2) is 7.52. The van der Waals surface area contributed by atoms with Crippen LogP contribution in [-0.4, -0.2) is 16.0 Å². The largest absolute Gasteiger partial charge is 0.441 e. The number of oxazole rings is 1. The minimum absolute atomic E-state index is 0.212. The van der Waals surface area contributed by atoms with Crippen molar-refractivity contribution in [3.8, 4) is 22.7 Å². The van der Waals surface area contributed by atoms with Crippen LogP contribution in [0.4, 0.5) is 5.88 Å². The molecule has 0 radical (unpaired) electrons. The third-order valence-corrected chi connectivity index (χ3v) is 4.44. The number of aromatic nitrogens is 2. The molecule has 0 unspecified atom stereocenters. The van der Waals surface area contributed by atoms with Crippen molar-refractivity contribution in [3.63, 3.8) is 0 Å². The SMILES string of the molecule is CCc1ccc(-c2cc(NC(=O)c3nc(-c4ccccc4)oc3C)on2)cc1. The van der Waals surface area contributed by atoms with Gasteiger partial charge < -0.3 is 8.94 Å². The Bertz CT molecular complexity index is 1100. The molecule has 0 saturated carbocycles. The molecular formula is C22H19N3O3. The van der Waals surface area contributed by atoms with Crippen molar-refractivity contribution >= 4 is 11.8 Å². The fraction of sp³-hybridized carbons (Fsp3) is 0.136. The van der Waals surface area contributed by atoms with Crippen LogP contribution in [-0.2, 0) is 6.42 Å². The van der Waals surface area contributed by atoms with E-state index in [1.54, 1.807) is 13.0 Å². The van der Waals surface area contributed by atoms with Crippen molar-refractivity contribution in [1.29, 1.82) is 0 Å². The molecule has 2 aromatic heterocycles. The third-order valence-electron chi connectivity index (χ3n) is 4.44. The summed E-state index contributed by atoms with van der Waals surface area (Å²) in [6.07, 6.45) is 0.975. The van der Waals surface area contributed by atoms with Gasteiger partial charge in [0.1, 0.15) is 11.5 Å². The van der Waals surface area contributed by atoms with Crippen LogP contribution in [0.3, 0.4) is 0 Å². The van der Waals surface area contributed by atoms with Crippen LogP contribution in [0.15, 0.2) is 69.6 Å². The Hall–Kier alpha value is -3.67. The normalized spacial score (nSPS) is 10.8. The van der Waals surface area contributed by atoms with Crippen LogP contribution >= 0.6 is 0 Å². The van der Waals surface area contributed by atoms with Gasteiger partial charge in [0.05, 0.1) is 0 Å². The van der Waals surface area contributed by atoms with Crippen molar-refractivity contribution < 1.29 is 13.7 Å². The molecule has 0 bridgehead atoms. The summed E-state index contributed by atoms with van der Waals surface area (Å²) in [5.74, 6) is 0.680. The maximum Gasteiger partial charge on any atom is 0.280 e. The minimum atomic E-state index is -0.410. The van der Waals surface area contributed by atoms with E-state index in [1.807, 2.05) is 54.6 Å². The van der Waals surface area contributed by atoms with Gasteiger partial charge >= 0.3 is 0 Å². The maximum absolute atomic E-state index is 12.6. The Labute approximate surface area is 162 Å². The van der Waals surface area contributed by atoms with Crippen molar-refractivity contribution in [2.24, 2.45) is 0 Å². The molecule has 140 valence electrons. The lowest BCUT2D eigenvalue weighted by Crippen LogP contribution is -2.13. The standard InChI is InChI=1S/C22H19N3O3/c1-3-15-9-11-16(12-10-15)18-13-19(28-25-18)23-21(26)20-14(2)27-22(24-20)17-7-5-4-6-8-17/h4-13H,3H2,1-2H3,(H,23,26). The zero-order valence-corrected chi connectivity index (χ0v) is 15.6. The summed E-state index contributed by atoms with van der Waals surface area (Å²) in [4.78, 5) is 16.9. The van der Waals surface area contributed by atoms with Gasteiger partial charge in [-0.15, -0.1) is 0 Å². The van der Waals surface area contributed by atoms with Gasteiger partial charge in [-0.2, -0.15) is 0 Å². The predicted molar refractivity (Wildman–Crippen MR) is 106 cm³/mol. The number of nitrogens with zero attached hydrogens (tertiary/aromatic N) is 2. The van der Waals surface area contributed by atoms with E-state index >= 15 is 0 Å². The molecule has 0 aliphatic rings. The molecule has 1 amide bonds. The second-order valence-corrected chi connectivity index (χ2v) is 6.37. The molecule has 4 rings (SSSR count). The molecule has 4 aromatic rings. The first-order valence-corrected chi connectivity index (χ1v) is 9.04. The number of amides is 1. The van der Waals surface area contributed by atoms with Crippen LogP contribution in [0.25, 0.3) is 22.7 Å². The van der Waals surface area contributed by atoms with Gasteiger partial charge in [-0.1, -0.05) is 54.5 Å². The van der Waals surface area contributed by atoms with Crippen molar-refractivity contribution in [2.75, 3.05) is 5.32 Å². The van der Waals surface area contributed by atoms with Crippen LogP contribution in [0.5, 0.6) is 0 Å². The second-order valence-electron chi connectivity index (χ2n) is 6.37. The highest BCUT2D eigenvalue weighted by Crippen LogP contribution is 2.24. The van der Waals surface area contributed by atoms with Gasteiger partial charge in [0.15, 0.2) is 5.69 Å². The van der Waals surface area contributed by atoms with Crippen LogP contribution in [0.1, 0.15) is 28.7 Å². The lowest BCUT2D eigenvalue weighted by atomic mass is 10.1. The van der Waals surface area contributed by atoms with Crippen molar-refractivity contribution in [1.82, 2.24) is 10.1 Å². The van der Waals surface area contributed by atoms with Gasteiger partial charge in [0.2, 0.25) is 11.8 Å². The number of benzene rings is 2. The van der Waals surface area contributed by atoms with E-state index in [1.165, 1.54) is 5.56 Å². The number of rotatable bonds is 5. The molecular weight excluding hydrogens is 354 g/mol. The van der Waals surface area contributed by atoms with E-state index in [-0.39, 0.29) is 11.6 Å². The summed E-state index contributed by atoms with van der Waals surface area (Å²) in [6, 6.07) is 19.2. The van der Waals surface area contributed by atoms with Gasteiger partial charge in [0.25, 0.3) is 5.91 Å². The van der Waals surface area contributed by atoms with Gasteiger partial charge in [0, 0.05) is 17.2 Å². The number of hydrogen-bond donors (Lipinski definition) is 1. The third kappa shape index (κ3) is 3.57. The molecule has 2 heterocycles. The molecule has 0 spiro atoms. The van der Waals surface area contributed by atoms with E-state index in [9.17, 15) is 4.79 Å². The lowest BCUT2D eigenvalue weighted by Gasteiger charge is -1.98. The highest BCUT2D eigenvalue weighted by molar-refractivity contribution is 6.03. The molecule has 6 heteroatoms. The minimum Gasteiger partial charge on any atom is -0.441 e. The number of carbonyl (C=O) groups is 1. The zero-order valence-electron chi connectivity index (χ0n) is 15.6. The highest BCUT2D eigenvalue weighted by atomic mass is 16.5. The number of hydrogen-bond acceptors (Lipinski definition) is 5. The van der Waals surface area contributed by atoms with E-state index in [2.05, 4.69) is 22.4 Å². The van der Waals surface area contributed by atoms with E-state index in [4.69, 9.17) is 8.94 Å². The number of anilines is 1. The smallest absolute Gasteiger partial charge is 0.280 e. The summed E-state index contributed by atoms with van der Waals surface area (Å²) in [6.45, 7) is 3.81. The van der Waals surface area contributed by atoms with E-state index in [0.717, 1.165) is 17.5 Å². The van der Waals surface area contributed by atoms with Gasteiger partial charge in [-0.05, 0) is 31.0 Å². The molecule has 0 saturated heterocycles. The van der Waals surface area contributed by atoms with Crippen LogP contribution in [0.2, 0.25) is 0 Å². The Morgan fingerprint density at radius 3 is 2.50 bits per heavy atom. The molecule has 1 N–H and O–H groups in total. The maximum atomic E-state index is 12.6. The first-order chi connectivity index (χ1) is 13.6. The monoisotopic (exact) mass is 373 g/mol. The lowest BCUT2D eigenvalue weighted by molar-refractivity contribution is 0.101. The Morgan fingerprint density at radius 1 is 1.04 bits per heavy atom. The average molecular weight is 373 g/mol. The average Bonchev–Trinajstić information content (AvgIpc) is 3.35. The molecule has 0 aliphatic carbocycles. The number of carbonyl (C=O) groups excluding carboxylic acids is 1. The quantitative estimate of drug-likeness (QED) is 0.525. The summed E-state index contributed by atoms with van der Waals surface area (Å²) in [5.41, 5.74) is 3.84. The Morgan fingerprint density at radius 2 is 1.79 bits per heavy atom. The van der Waals surface area contributed by atoms with Gasteiger partial charge in [-0.3, -0.25) is 10.1 Å².